The second-order valence-corrected chi connectivity index (χ2v) is 5.07. The van der Waals surface area contributed by atoms with Gasteiger partial charge in [0.25, 0.3) is 0 Å². The molecule has 2 N–H and O–H groups in total. The minimum absolute atomic E-state index is 0.190. The van der Waals surface area contributed by atoms with Crippen molar-refractivity contribution in [3.63, 3.8) is 0 Å². The van der Waals surface area contributed by atoms with Crippen LogP contribution in [0, 0.1) is 17.5 Å². The minimum atomic E-state index is -1.69. The molecule has 5 nitrogen and oxygen atoms in total. The number of anilines is 1. The number of benzene rings is 2. The van der Waals surface area contributed by atoms with Crippen LogP contribution in [0.25, 0.3) is 0 Å². The summed E-state index contributed by atoms with van der Waals surface area (Å²) in [6, 6.07) is 8.49. The number of methoxy groups -OCH3 is 1. The first-order valence-electron chi connectivity index (χ1n) is 7.23. The Morgan fingerprint density at radius 3 is 2.28 bits per heavy atom. The van der Waals surface area contributed by atoms with Gasteiger partial charge in [-0.3, -0.25) is 9.59 Å². The zero-order valence-corrected chi connectivity index (χ0v) is 13.2. The molecule has 2 aromatic rings. The van der Waals surface area contributed by atoms with E-state index in [-0.39, 0.29) is 6.54 Å². The lowest BCUT2D eigenvalue weighted by Crippen LogP contribution is -2.28. The lowest BCUT2D eigenvalue weighted by atomic mass is 10.2. The second kappa shape index (κ2) is 8.18. The highest BCUT2D eigenvalue weighted by Gasteiger charge is 2.16. The molecule has 2 rings (SSSR count). The summed E-state index contributed by atoms with van der Waals surface area (Å²) in [5.74, 6) is -5.36. The van der Waals surface area contributed by atoms with Crippen LogP contribution in [0.1, 0.15) is 12.0 Å². The SMILES string of the molecule is COc1ccc(CNC(=O)CC(=O)Nc2ccc(F)c(F)c2F)cc1. The summed E-state index contributed by atoms with van der Waals surface area (Å²) in [7, 11) is 1.53. The molecule has 0 saturated carbocycles. The molecular weight excluding hydrogens is 337 g/mol. The van der Waals surface area contributed by atoms with Crippen LogP contribution in [0.15, 0.2) is 36.4 Å². The van der Waals surface area contributed by atoms with E-state index in [1.807, 2.05) is 5.32 Å². The Hall–Kier alpha value is -3.03. The van der Waals surface area contributed by atoms with Crippen LogP contribution in [0.4, 0.5) is 18.9 Å². The molecule has 0 atom stereocenters. The van der Waals surface area contributed by atoms with Crippen LogP contribution < -0.4 is 15.4 Å². The third-order valence-electron chi connectivity index (χ3n) is 3.28. The van der Waals surface area contributed by atoms with Crippen molar-refractivity contribution in [3.8, 4) is 5.75 Å². The van der Waals surface area contributed by atoms with Crippen molar-refractivity contribution in [1.82, 2.24) is 5.32 Å². The lowest BCUT2D eigenvalue weighted by Gasteiger charge is -2.08. The Kier molecular flexibility index (Phi) is 5.99. The molecule has 8 heteroatoms. The molecule has 0 heterocycles. The first-order valence-corrected chi connectivity index (χ1v) is 7.23. The van der Waals surface area contributed by atoms with E-state index in [0.717, 1.165) is 11.6 Å². The molecule has 0 aliphatic heterocycles. The Morgan fingerprint density at radius 2 is 1.64 bits per heavy atom. The van der Waals surface area contributed by atoms with Crippen LogP contribution >= 0.6 is 0 Å². The van der Waals surface area contributed by atoms with Gasteiger partial charge in [-0.1, -0.05) is 12.1 Å². The first-order chi connectivity index (χ1) is 11.9. The van der Waals surface area contributed by atoms with Gasteiger partial charge in [0.2, 0.25) is 11.8 Å². The highest BCUT2D eigenvalue weighted by Crippen LogP contribution is 2.19. The molecule has 0 spiro atoms. The molecule has 132 valence electrons. The van der Waals surface area contributed by atoms with E-state index in [2.05, 4.69) is 5.32 Å². The summed E-state index contributed by atoms with van der Waals surface area (Å²) in [6.45, 7) is 0.190. The topological polar surface area (TPSA) is 67.4 Å². The fraction of sp³-hybridized carbons (Fsp3) is 0.176. The molecule has 25 heavy (non-hydrogen) atoms. The maximum Gasteiger partial charge on any atom is 0.233 e. The Morgan fingerprint density at radius 1 is 0.960 bits per heavy atom. The number of hydrogen-bond acceptors (Lipinski definition) is 3. The Bertz CT molecular complexity index is 779. The Balaban J connectivity index is 1.85. The van der Waals surface area contributed by atoms with E-state index in [0.29, 0.717) is 11.8 Å². The van der Waals surface area contributed by atoms with Gasteiger partial charge >= 0.3 is 0 Å². The summed E-state index contributed by atoms with van der Waals surface area (Å²) >= 11 is 0. The van der Waals surface area contributed by atoms with Gasteiger partial charge in [0, 0.05) is 6.54 Å². The third kappa shape index (κ3) is 4.97. The van der Waals surface area contributed by atoms with Crippen LogP contribution in [0.3, 0.4) is 0 Å². The maximum atomic E-state index is 13.5. The van der Waals surface area contributed by atoms with Crippen molar-refractivity contribution in [2.45, 2.75) is 13.0 Å². The molecule has 0 unspecified atom stereocenters. The normalized spacial score (nSPS) is 10.2. The van der Waals surface area contributed by atoms with Gasteiger partial charge in [-0.2, -0.15) is 0 Å². The molecule has 0 bridgehead atoms. The van der Waals surface area contributed by atoms with Gasteiger partial charge in [0.1, 0.15) is 12.2 Å². The molecular formula is C17H15F3N2O3. The number of carbonyl (C=O) groups excluding carboxylic acids is 2. The number of rotatable bonds is 6. The zero-order chi connectivity index (χ0) is 18.4. The molecule has 0 fully saturated rings. The molecule has 0 aliphatic carbocycles. The van der Waals surface area contributed by atoms with Crippen LogP contribution in [-0.4, -0.2) is 18.9 Å². The van der Waals surface area contributed by atoms with Crippen LogP contribution in [0.5, 0.6) is 5.75 Å². The quantitative estimate of drug-likeness (QED) is 0.621. The predicted octanol–water partition coefficient (Wildman–Crippen LogP) is 2.76. The summed E-state index contributed by atoms with van der Waals surface area (Å²) in [6.07, 6.45) is -0.589. The van der Waals surface area contributed by atoms with E-state index in [1.54, 1.807) is 24.3 Å². The fourth-order valence-corrected chi connectivity index (χ4v) is 1.97. The number of ether oxygens (including phenoxy) is 1. The van der Waals surface area contributed by atoms with Gasteiger partial charge in [0.05, 0.1) is 12.8 Å². The predicted molar refractivity (Wildman–Crippen MR) is 84.4 cm³/mol. The van der Waals surface area contributed by atoms with E-state index >= 15 is 0 Å². The standard InChI is InChI=1S/C17H15F3N2O3/c1-25-11-4-2-10(3-5-11)9-21-14(23)8-15(24)22-13-7-6-12(18)16(19)17(13)20/h2-7H,8-9H2,1H3,(H,21,23)(H,22,24). The van der Waals surface area contributed by atoms with Crippen molar-refractivity contribution in [1.29, 1.82) is 0 Å². The van der Waals surface area contributed by atoms with Crippen molar-refractivity contribution in [2.75, 3.05) is 12.4 Å². The van der Waals surface area contributed by atoms with Crippen LogP contribution in [-0.2, 0) is 16.1 Å². The number of amides is 2. The summed E-state index contributed by atoms with van der Waals surface area (Å²) in [5.41, 5.74) is 0.257. The minimum Gasteiger partial charge on any atom is -0.497 e. The van der Waals surface area contributed by atoms with E-state index in [9.17, 15) is 22.8 Å². The van der Waals surface area contributed by atoms with Crippen molar-refractivity contribution in [3.05, 3.63) is 59.4 Å². The monoisotopic (exact) mass is 352 g/mol. The summed E-state index contributed by atoms with van der Waals surface area (Å²) in [4.78, 5) is 23.4. The first kappa shape index (κ1) is 18.3. The number of hydrogen-bond donors (Lipinski definition) is 2. The van der Waals surface area contributed by atoms with Gasteiger partial charge < -0.3 is 15.4 Å². The largest absolute Gasteiger partial charge is 0.497 e. The molecule has 2 amide bonds. The smallest absolute Gasteiger partial charge is 0.233 e. The summed E-state index contributed by atoms with van der Waals surface area (Å²) < 4.78 is 44.4. The van der Waals surface area contributed by atoms with Crippen molar-refractivity contribution < 1.29 is 27.5 Å². The van der Waals surface area contributed by atoms with Gasteiger partial charge in [-0.15, -0.1) is 0 Å². The van der Waals surface area contributed by atoms with Crippen LogP contribution in [0.2, 0.25) is 0 Å². The highest BCUT2D eigenvalue weighted by atomic mass is 19.2. The third-order valence-corrected chi connectivity index (χ3v) is 3.28. The molecule has 0 saturated heterocycles. The number of nitrogens with one attached hydrogen (secondary N) is 2. The summed E-state index contributed by atoms with van der Waals surface area (Å²) in [5, 5.41) is 4.54. The average molecular weight is 352 g/mol. The van der Waals surface area contributed by atoms with E-state index in [1.165, 1.54) is 7.11 Å². The van der Waals surface area contributed by atoms with E-state index in [4.69, 9.17) is 4.74 Å². The lowest BCUT2D eigenvalue weighted by molar-refractivity contribution is -0.126. The molecule has 2 aromatic carbocycles. The van der Waals surface area contributed by atoms with Crippen molar-refractivity contribution in [2.24, 2.45) is 0 Å². The van der Waals surface area contributed by atoms with Gasteiger partial charge in [0.15, 0.2) is 17.5 Å². The Labute approximate surface area is 141 Å². The average Bonchev–Trinajstić information content (AvgIpc) is 2.61. The van der Waals surface area contributed by atoms with E-state index < -0.39 is 41.4 Å². The van der Waals surface area contributed by atoms with Gasteiger partial charge in [-0.05, 0) is 29.8 Å². The zero-order valence-electron chi connectivity index (χ0n) is 13.2. The number of carbonyl (C=O) groups is 2. The number of halogens is 3. The van der Waals surface area contributed by atoms with Crippen molar-refractivity contribution >= 4 is 17.5 Å². The molecule has 0 radical (unpaired) electrons. The maximum absolute atomic E-state index is 13.5. The van der Waals surface area contributed by atoms with Gasteiger partial charge in [-0.25, -0.2) is 13.2 Å². The molecule has 0 aromatic heterocycles. The fourth-order valence-electron chi connectivity index (χ4n) is 1.97. The second-order valence-electron chi connectivity index (χ2n) is 5.07. The highest BCUT2D eigenvalue weighted by molar-refractivity contribution is 6.03. The molecule has 0 aliphatic rings.